The van der Waals surface area contributed by atoms with Crippen molar-refractivity contribution in [2.24, 2.45) is 9.98 Å². The highest BCUT2D eigenvalue weighted by Crippen LogP contribution is 2.58. The molecule has 8 bridgehead atoms. The summed E-state index contributed by atoms with van der Waals surface area (Å²) in [7, 11) is 8.11. The number of nitrogens with one attached hydrogen (secondary N) is 2. The molecular weight excluding hydrogens is 818 g/mol. The first-order valence-electron chi connectivity index (χ1n) is 18.9. The highest BCUT2D eigenvalue weighted by molar-refractivity contribution is 6.50. The molecule has 9 heterocycles. The predicted octanol–water partition coefficient (Wildman–Crippen LogP) is 8.25. The summed E-state index contributed by atoms with van der Waals surface area (Å²) in [6.45, 7) is 2.68. The maximum absolute atomic E-state index is 8.18. The van der Waals surface area contributed by atoms with Gasteiger partial charge in [0.2, 0.25) is 0 Å². The number of halogens is 5. The molecule has 0 aromatic carbocycles. The summed E-state index contributed by atoms with van der Waals surface area (Å²) in [5.74, 6) is 0. The number of H-pyrrole nitrogens is 1. The number of aliphatic imine (C=N–C) groups is 2. The lowest BCUT2D eigenvalue weighted by Crippen LogP contribution is -2.63. The zero-order chi connectivity index (χ0) is 39.9. The van der Waals surface area contributed by atoms with E-state index in [2.05, 4.69) is 111 Å². The third kappa shape index (κ3) is 5.76. The average Bonchev–Trinajstić information content (AvgIpc) is 4.02. The van der Waals surface area contributed by atoms with Crippen molar-refractivity contribution < 1.29 is 0 Å². The Bertz CT molecular complexity index is 2380. The van der Waals surface area contributed by atoms with Gasteiger partial charge in [-0.15, -0.1) is 34.8 Å². The zero-order valence-electron chi connectivity index (χ0n) is 31.9. The quantitative estimate of drug-likeness (QED) is 0.236. The van der Waals surface area contributed by atoms with Gasteiger partial charge in [0.1, 0.15) is 0 Å². The number of fused-ring (bicyclic) bond motifs is 6. The first-order chi connectivity index (χ1) is 27.3. The number of allylic oxidation sites excluding steroid dienone is 14. The monoisotopic (exact) mass is 857 g/mol. The molecule has 8 nitrogen and oxygen atoms in total. The minimum Gasteiger partial charge on any atom is -0.372 e. The number of aromatic amines is 1. The van der Waals surface area contributed by atoms with E-state index < -0.39 is 25.1 Å². The Balaban J connectivity index is 1.38. The third-order valence-corrected chi connectivity index (χ3v) is 15.0. The van der Waals surface area contributed by atoms with Crippen LogP contribution in [0, 0.1) is 6.42 Å². The van der Waals surface area contributed by atoms with Crippen molar-refractivity contribution in [1.82, 2.24) is 29.9 Å². The van der Waals surface area contributed by atoms with Crippen LogP contribution in [-0.2, 0) is 4.87 Å². The van der Waals surface area contributed by atoms with Gasteiger partial charge in [0, 0.05) is 112 Å². The molecule has 0 aliphatic carbocycles. The Kier molecular flexibility index (Phi) is 9.49. The van der Waals surface area contributed by atoms with Crippen LogP contribution in [0.2, 0.25) is 0 Å². The highest BCUT2D eigenvalue weighted by atomic mass is 35.5. The molecule has 1 aromatic heterocycles. The number of rotatable bonds is 4. The van der Waals surface area contributed by atoms with E-state index in [1.807, 2.05) is 63.0 Å². The Morgan fingerprint density at radius 2 is 1.26 bits per heavy atom. The number of nitrogens with zero attached hydrogens (tertiary/aromatic N) is 6. The molecular formula is C44H42Cl5N8. The third-order valence-electron chi connectivity index (χ3n) is 11.8. The first-order valence-corrected chi connectivity index (χ1v) is 20.9. The first kappa shape index (κ1) is 38.5. The summed E-state index contributed by atoms with van der Waals surface area (Å²) in [4.78, 5) is 16.9. The van der Waals surface area contributed by atoms with Crippen molar-refractivity contribution in [3.05, 3.63) is 167 Å². The molecule has 0 saturated carbocycles. The van der Waals surface area contributed by atoms with Gasteiger partial charge in [-0.1, -0.05) is 71.8 Å². The van der Waals surface area contributed by atoms with Gasteiger partial charge < -0.3 is 29.9 Å². The Morgan fingerprint density at radius 3 is 1.88 bits per heavy atom. The molecule has 5 atom stereocenters. The number of likely N-dealkylation sites (N-methyl/N-ethyl adjacent to an activating group) is 4. The van der Waals surface area contributed by atoms with E-state index in [-0.39, 0.29) is 0 Å². The molecule has 0 amide bonds. The maximum atomic E-state index is 8.18. The van der Waals surface area contributed by atoms with Crippen LogP contribution in [0.4, 0.5) is 0 Å². The van der Waals surface area contributed by atoms with Gasteiger partial charge in [0.15, 0.2) is 19.7 Å². The molecule has 1 saturated heterocycles. The Morgan fingerprint density at radius 1 is 0.684 bits per heavy atom. The molecule has 8 aliphatic rings. The number of alkyl halides is 5. The SMILES string of the molecule is CN1CC=CC=C1C1=C2[CH]C(Cl)C(Cl)(N2)C(Cl)(C2=CC=CCN2C)C2=NC(Cl)(C=C2)C(Cl)(C2=CC=CCN2C)c2ccc([nH]2)C(C2=CC=CCN2C)=C2C=CC1=N2. The second kappa shape index (κ2) is 14.1. The predicted molar refractivity (Wildman–Crippen MR) is 238 cm³/mol. The Hall–Kier alpha value is -4.05. The van der Waals surface area contributed by atoms with Crippen molar-refractivity contribution >= 4 is 75.0 Å². The van der Waals surface area contributed by atoms with E-state index in [1.54, 1.807) is 0 Å². The van der Waals surface area contributed by atoms with E-state index >= 15 is 0 Å². The lowest BCUT2D eigenvalue weighted by atomic mass is 9.86. The highest BCUT2D eigenvalue weighted by Gasteiger charge is 2.65. The molecule has 9 rings (SSSR count). The molecule has 8 aliphatic heterocycles. The van der Waals surface area contributed by atoms with Crippen molar-refractivity contribution in [3.8, 4) is 0 Å². The van der Waals surface area contributed by atoms with Crippen LogP contribution in [0.25, 0.3) is 5.57 Å². The van der Waals surface area contributed by atoms with E-state index in [4.69, 9.17) is 68.0 Å². The lowest BCUT2D eigenvalue weighted by Gasteiger charge is -2.47. The minimum atomic E-state index is -1.59. The van der Waals surface area contributed by atoms with Gasteiger partial charge in [-0.3, -0.25) is 4.99 Å². The van der Waals surface area contributed by atoms with Crippen LogP contribution in [0.1, 0.15) is 11.4 Å². The van der Waals surface area contributed by atoms with Gasteiger partial charge in [0.25, 0.3) is 0 Å². The summed E-state index contributed by atoms with van der Waals surface area (Å²) >= 11 is 39.7. The second-order valence-corrected chi connectivity index (χ2v) is 18.1. The molecule has 1 fully saturated rings. The van der Waals surface area contributed by atoms with Crippen molar-refractivity contribution in [1.29, 1.82) is 0 Å². The van der Waals surface area contributed by atoms with E-state index in [0.717, 1.165) is 51.9 Å². The lowest BCUT2D eigenvalue weighted by molar-refractivity contribution is 0.368. The minimum absolute atomic E-state index is 0.411. The summed E-state index contributed by atoms with van der Waals surface area (Å²) in [6, 6.07) is 4.05. The van der Waals surface area contributed by atoms with Crippen molar-refractivity contribution in [3.63, 3.8) is 0 Å². The topological polar surface area (TPSA) is 65.5 Å². The van der Waals surface area contributed by atoms with E-state index in [9.17, 15) is 0 Å². The van der Waals surface area contributed by atoms with Crippen LogP contribution in [-0.4, -0.2) is 111 Å². The van der Waals surface area contributed by atoms with Crippen LogP contribution < -0.4 is 5.32 Å². The van der Waals surface area contributed by atoms with Crippen LogP contribution in [0.15, 0.2) is 159 Å². The normalized spacial score (nSPS) is 33.2. The molecule has 1 radical (unpaired) electrons. The number of aromatic nitrogens is 1. The van der Waals surface area contributed by atoms with Gasteiger partial charge >= 0.3 is 0 Å². The van der Waals surface area contributed by atoms with E-state index in [0.29, 0.717) is 42.4 Å². The summed E-state index contributed by atoms with van der Waals surface area (Å²) in [6.07, 6.45) is 34.4. The van der Waals surface area contributed by atoms with E-state index in [1.165, 1.54) is 0 Å². The Labute approximate surface area is 359 Å². The largest absolute Gasteiger partial charge is 0.372 e. The van der Waals surface area contributed by atoms with Crippen LogP contribution in [0.3, 0.4) is 0 Å². The van der Waals surface area contributed by atoms with Crippen molar-refractivity contribution in [2.75, 3.05) is 54.4 Å². The standard InChI is InChI=1S/C44H42Cl5N8/c1-54-23-9-5-13-32(54)39-28-17-18-29(50-28)40(33-14-6-10-24-55(33)2)31-27-34(45)44(49,52-31)43(48,38-16-8-12-26-57(38)4)36-21-22-41(46,53-36)42(47,35-20-19-30(39)51-35)37-15-7-11-25-56(37)3/h5-22,27,34,51-52H,23-26H2,1-4H3. The van der Waals surface area contributed by atoms with Crippen LogP contribution in [0.5, 0.6) is 0 Å². The van der Waals surface area contributed by atoms with Crippen molar-refractivity contribution in [2.45, 2.75) is 25.1 Å². The van der Waals surface area contributed by atoms with Gasteiger partial charge in [-0.2, -0.15) is 0 Å². The maximum Gasteiger partial charge on any atom is 0.182 e. The fourth-order valence-electron chi connectivity index (χ4n) is 8.74. The average molecular weight is 860 g/mol. The fraction of sp³-hybridized carbons (Fsp3) is 0.295. The van der Waals surface area contributed by atoms with Gasteiger partial charge in [-0.25, -0.2) is 4.99 Å². The van der Waals surface area contributed by atoms with Gasteiger partial charge in [0.05, 0.1) is 22.5 Å². The molecule has 2 N–H and O–H groups in total. The molecule has 5 unspecified atom stereocenters. The fourth-order valence-corrected chi connectivity index (χ4v) is 10.8. The molecule has 293 valence electrons. The molecule has 57 heavy (non-hydrogen) atoms. The van der Waals surface area contributed by atoms with Crippen LogP contribution >= 0.6 is 58.0 Å². The number of hydrogen-bond acceptors (Lipinski definition) is 7. The second-order valence-electron chi connectivity index (χ2n) is 15.3. The smallest absolute Gasteiger partial charge is 0.182 e. The molecule has 1 aromatic rings. The molecule has 13 heteroatoms. The number of hydrogen-bond donors (Lipinski definition) is 2. The molecule has 0 spiro atoms. The zero-order valence-corrected chi connectivity index (χ0v) is 35.7. The van der Waals surface area contributed by atoms with Gasteiger partial charge in [-0.05, 0) is 60.7 Å². The summed E-state index contributed by atoms with van der Waals surface area (Å²) in [5.41, 5.74) is 9.25. The summed E-state index contributed by atoms with van der Waals surface area (Å²) in [5, 5.41) is 2.85. The summed E-state index contributed by atoms with van der Waals surface area (Å²) < 4.78 is 0.